The summed E-state index contributed by atoms with van der Waals surface area (Å²) in [4.78, 5) is 0. The van der Waals surface area contributed by atoms with Gasteiger partial charge in [-0.25, -0.2) is 0 Å². The molecule has 52 valence electrons. The maximum absolute atomic E-state index is 3.67. The van der Waals surface area contributed by atoms with Gasteiger partial charge in [-0.2, -0.15) is 0 Å². The van der Waals surface area contributed by atoms with Gasteiger partial charge in [0.2, 0.25) is 0 Å². The van der Waals surface area contributed by atoms with Crippen LogP contribution in [0.15, 0.2) is 24.3 Å². The summed E-state index contributed by atoms with van der Waals surface area (Å²) in [5, 5.41) is 0. The van der Waals surface area contributed by atoms with Crippen LogP contribution in [0.1, 0.15) is 33.1 Å². The van der Waals surface area contributed by atoms with Gasteiger partial charge in [0.05, 0.1) is 0 Å². The molecule has 0 rings (SSSR count). The van der Waals surface area contributed by atoms with Gasteiger partial charge in [0, 0.05) is 0 Å². The molecule has 0 radical (unpaired) electrons. The molecule has 0 atom stereocenters. The minimum Gasteiger partial charge on any atom is -0.0988 e. The second kappa shape index (κ2) is 5.61. The van der Waals surface area contributed by atoms with Crippen LogP contribution < -0.4 is 0 Å². The number of hydrogen-bond donors (Lipinski definition) is 0. The lowest BCUT2D eigenvalue weighted by Gasteiger charge is -1.90. The Morgan fingerprint density at radius 2 is 2.22 bits per heavy atom. The molecule has 0 amide bonds. The highest BCUT2D eigenvalue weighted by Crippen LogP contribution is 2.00. The molecular weight excluding hydrogens is 108 g/mol. The molecule has 9 heavy (non-hydrogen) atoms. The van der Waals surface area contributed by atoms with Crippen LogP contribution in [-0.2, 0) is 0 Å². The van der Waals surface area contributed by atoms with Crippen molar-refractivity contribution in [2.24, 2.45) is 0 Å². The van der Waals surface area contributed by atoms with Gasteiger partial charge in [0.1, 0.15) is 0 Å². The Kier molecular flexibility index (Phi) is 5.29. The van der Waals surface area contributed by atoms with E-state index in [0.717, 1.165) is 0 Å². The number of allylic oxidation sites excluding steroid dienone is 3. The van der Waals surface area contributed by atoms with Crippen molar-refractivity contribution < 1.29 is 0 Å². The van der Waals surface area contributed by atoms with E-state index >= 15 is 0 Å². The Bertz CT molecular complexity index is 98.6. The van der Waals surface area contributed by atoms with E-state index in [9.17, 15) is 0 Å². The van der Waals surface area contributed by atoms with E-state index in [1.165, 1.54) is 24.8 Å². The monoisotopic (exact) mass is 124 g/mol. The van der Waals surface area contributed by atoms with Crippen molar-refractivity contribution >= 4 is 0 Å². The lowest BCUT2D eigenvalue weighted by Crippen LogP contribution is -1.69. The third-order valence-corrected chi connectivity index (χ3v) is 1.35. The van der Waals surface area contributed by atoms with Crippen molar-refractivity contribution in [2.45, 2.75) is 33.1 Å². The molecule has 0 aromatic carbocycles. The largest absolute Gasteiger partial charge is 0.0988 e. The summed E-state index contributed by atoms with van der Waals surface area (Å²) in [6.07, 6.45) is 7.91. The molecule has 0 bridgehead atoms. The Balaban J connectivity index is 3.31. The number of hydrogen-bond acceptors (Lipinski definition) is 0. The first-order valence-electron chi connectivity index (χ1n) is 3.60. The van der Waals surface area contributed by atoms with Crippen LogP contribution in [0, 0.1) is 0 Å². The van der Waals surface area contributed by atoms with E-state index in [-0.39, 0.29) is 0 Å². The van der Waals surface area contributed by atoms with E-state index < -0.39 is 0 Å². The molecule has 0 nitrogen and oxygen atoms in total. The minimum absolute atomic E-state index is 1.20. The van der Waals surface area contributed by atoms with Crippen molar-refractivity contribution in [3.63, 3.8) is 0 Å². The van der Waals surface area contributed by atoms with Crippen LogP contribution in [0.25, 0.3) is 0 Å². The molecule has 0 unspecified atom stereocenters. The first-order chi connectivity index (χ1) is 4.31. The van der Waals surface area contributed by atoms with E-state index in [4.69, 9.17) is 0 Å². The standard InChI is InChI=1S/C9H16/c1-4-6-7-8-9(3)5-2/h5,8H,2,4,6-7H2,1,3H3/b9-8+. The molecule has 0 heterocycles. The second-order valence-electron chi connectivity index (χ2n) is 2.29. The van der Waals surface area contributed by atoms with Crippen molar-refractivity contribution in [3.05, 3.63) is 24.3 Å². The molecule has 0 aliphatic carbocycles. The average Bonchev–Trinajstić information content (AvgIpc) is 1.89. The van der Waals surface area contributed by atoms with E-state index in [1.807, 2.05) is 6.08 Å². The Morgan fingerprint density at radius 1 is 1.56 bits per heavy atom. The lowest BCUT2D eigenvalue weighted by atomic mass is 10.2. The molecule has 0 heteroatoms. The molecule has 0 saturated carbocycles. The third-order valence-electron chi connectivity index (χ3n) is 1.35. The fourth-order valence-corrected chi connectivity index (χ4v) is 0.617. The predicted octanol–water partition coefficient (Wildman–Crippen LogP) is 3.31. The highest BCUT2D eigenvalue weighted by molar-refractivity contribution is 5.12. The molecule has 0 N–H and O–H groups in total. The van der Waals surface area contributed by atoms with Gasteiger partial charge >= 0.3 is 0 Å². The summed E-state index contributed by atoms with van der Waals surface area (Å²) in [7, 11) is 0. The van der Waals surface area contributed by atoms with E-state index in [2.05, 4.69) is 26.5 Å². The van der Waals surface area contributed by atoms with Gasteiger partial charge < -0.3 is 0 Å². The van der Waals surface area contributed by atoms with Gasteiger partial charge in [0.25, 0.3) is 0 Å². The maximum atomic E-state index is 3.67. The normalized spacial score (nSPS) is 11.6. The van der Waals surface area contributed by atoms with Gasteiger partial charge in [-0.05, 0) is 13.3 Å². The zero-order valence-electron chi connectivity index (χ0n) is 6.48. The average molecular weight is 124 g/mol. The zero-order valence-corrected chi connectivity index (χ0v) is 6.48. The van der Waals surface area contributed by atoms with Crippen LogP contribution in [0.4, 0.5) is 0 Å². The highest BCUT2D eigenvalue weighted by atomic mass is 13.9. The summed E-state index contributed by atoms with van der Waals surface area (Å²) >= 11 is 0. The number of rotatable bonds is 4. The van der Waals surface area contributed by atoms with Crippen molar-refractivity contribution in [1.82, 2.24) is 0 Å². The van der Waals surface area contributed by atoms with Crippen LogP contribution in [0.3, 0.4) is 0 Å². The van der Waals surface area contributed by atoms with E-state index in [0.29, 0.717) is 0 Å². The second-order valence-corrected chi connectivity index (χ2v) is 2.29. The van der Waals surface area contributed by atoms with E-state index in [1.54, 1.807) is 0 Å². The van der Waals surface area contributed by atoms with Crippen molar-refractivity contribution in [2.75, 3.05) is 0 Å². The maximum Gasteiger partial charge on any atom is -0.0345 e. The quantitative estimate of drug-likeness (QED) is 0.398. The smallest absolute Gasteiger partial charge is 0.0345 e. The first-order valence-corrected chi connectivity index (χ1v) is 3.60. The van der Waals surface area contributed by atoms with Crippen molar-refractivity contribution in [1.29, 1.82) is 0 Å². The summed E-state index contributed by atoms with van der Waals surface area (Å²) in [5.74, 6) is 0. The van der Waals surface area contributed by atoms with Crippen molar-refractivity contribution in [3.8, 4) is 0 Å². The van der Waals surface area contributed by atoms with Crippen LogP contribution >= 0.6 is 0 Å². The molecule has 0 aliphatic heterocycles. The minimum atomic E-state index is 1.20. The molecule has 0 aromatic heterocycles. The molecule has 0 fully saturated rings. The van der Waals surface area contributed by atoms with Gasteiger partial charge in [-0.1, -0.05) is 44.1 Å². The summed E-state index contributed by atoms with van der Waals surface area (Å²) < 4.78 is 0. The van der Waals surface area contributed by atoms with Gasteiger partial charge in [-0.3, -0.25) is 0 Å². The Hall–Kier alpha value is -0.520. The van der Waals surface area contributed by atoms with Gasteiger partial charge in [-0.15, -0.1) is 0 Å². The van der Waals surface area contributed by atoms with Crippen LogP contribution in [-0.4, -0.2) is 0 Å². The molecule has 0 aromatic rings. The zero-order chi connectivity index (χ0) is 7.11. The summed E-state index contributed by atoms with van der Waals surface area (Å²) in [6.45, 7) is 7.96. The Labute approximate surface area is 58.3 Å². The third kappa shape index (κ3) is 5.35. The Morgan fingerprint density at radius 3 is 2.67 bits per heavy atom. The first kappa shape index (κ1) is 8.48. The van der Waals surface area contributed by atoms with Crippen LogP contribution in [0.2, 0.25) is 0 Å². The SMILES string of the molecule is C=C/C(C)=C/CCCC. The molecule has 0 spiro atoms. The highest BCUT2D eigenvalue weighted by Gasteiger charge is 1.79. The fourth-order valence-electron chi connectivity index (χ4n) is 0.617. The molecular formula is C9H16. The fraction of sp³-hybridized carbons (Fsp3) is 0.556. The lowest BCUT2D eigenvalue weighted by molar-refractivity contribution is 0.812. The summed E-state index contributed by atoms with van der Waals surface area (Å²) in [5.41, 5.74) is 1.29. The predicted molar refractivity (Wildman–Crippen MR) is 43.5 cm³/mol. The molecule has 0 saturated heterocycles. The molecule has 0 aliphatic rings. The van der Waals surface area contributed by atoms with Crippen LogP contribution in [0.5, 0.6) is 0 Å². The van der Waals surface area contributed by atoms with Gasteiger partial charge in [0.15, 0.2) is 0 Å². The topological polar surface area (TPSA) is 0 Å². The summed E-state index contributed by atoms with van der Waals surface area (Å²) in [6, 6.07) is 0. The number of unbranched alkanes of at least 4 members (excludes halogenated alkanes) is 2.